The Morgan fingerprint density at radius 3 is 2.96 bits per heavy atom. The number of ether oxygens (including phenoxy) is 2. The summed E-state index contributed by atoms with van der Waals surface area (Å²) in [7, 11) is 1.78. The summed E-state index contributed by atoms with van der Waals surface area (Å²) in [6.45, 7) is 6.06. The minimum Gasteiger partial charge on any atom is -0.494 e. The lowest BCUT2D eigenvalue weighted by Gasteiger charge is -2.27. The first kappa shape index (κ1) is 20.5. The largest absolute Gasteiger partial charge is 0.494 e. The first-order chi connectivity index (χ1) is 12.7. The third kappa shape index (κ3) is 6.50. The predicted octanol–water partition coefficient (Wildman–Crippen LogP) is 1.97. The van der Waals surface area contributed by atoms with E-state index in [1.165, 1.54) is 5.56 Å². The summed E-state index contributed by atoms with van der Waals surface area (Å²) in [5.74, 6) is 1.71. The van der Waals surface area contributed by atoms with Crippen molar-refractivity contribution in [3.05, 3.63) is 29.8 Å². The number of hydrogen-bond acceptors (Lipinski definition) is 4. The van der Waals surface area contributed by atoms with Crippen molar-refractivity contribution in [3.8, 4) is 5.75 Å². The molecule has 0 saturated carbocycles. The molecule has 6 heteroatoms. The number of nitrogens with one attached hydrogen (secondary N) is 2. The van der Waals surface area contributed by atoms with Crippen LogP contribution in [0.15, 0.2) is 29.3 Å². The van der Waals surface area contributed by atoms with E-state index in [2.05, 4.69) is 34.7 Å². The molecule has 1 saturated heterocycles. The third-order valence-corrected chi connectivity index (χ3v) is 4.76. The zero-order chi connectivity index (χ0) is 18.7. The number of hydrogen-bond donors (Lipinski definition) is 3. The van der Waals surface area contributed by atoms with Crippen molar-refractivity contribution in [2.45, 2.75) is 32.6 Å². The second-order valence-corrected chi connectivity index (χ2v) is 6.87. The van der Waals surface area contributed by atoms with Crippen LogP contribution in [0.4, 0.5) is 0 Å². The Morgan fingerprint density at radius 2 is 2.27 bits per heavy atom. The minimum atomic E-state index is 0.0112. The molecular formula is C20H33N3O3. The summed E-state index contributed by atoms with van der Waals surface area (Å²) >= 11 is 0. The summed E-state index contributed by atoms with van der Waals surface area (Å²) < 4.78 is 11.2. The monoisotopic (exact) mass is 363 g/mol. The van der Waals surface area contributed by atoms with Gasteiger partial charge in [-0.2, -0.15) is 0 Å². The van der Waals surface area contributed by atoms with Crippen LogP contribution in [0, 0.1) is 5.41 Å². The second-order valence-electron chi connectivity index (χ2n) is 6.87. The molecule has 1 unspecified atom stereocenters. The Morgan fingerprint density at radius 1 is 1.38 bits per heavy atom. The van der Waals surface area contributed by atoms with Gasteiger partial charge in [0.25, 0.3) is 0 Å². The van der Waals surface area contributed by atoms with Crippen LogP contribution in [0.25, 0.3) is 0 Å². The van der Waals surface area contributed by atoms with Crippen LogP contribution in [0.1, 0.15) is 31.7 Å². The molecule has 0 amide bonds. The highest BCUT2D eigenvalue weighted by molar-refractivity contribution is 5.79. The van der Waals surface area contributed by atoms with Crippen LogP contribution in [-0.2, 0) is 11.2 Å². The highest BCUT2D eigenvalue weighted by Gasteiger charge is 2.34. The van der Waals surface area contributed by atoms with Gasteiger partial charge < -0.3 is 25.2 Å². The van der Waals surface area contributed by atoms with E-state index in [4.69, 9.17) is 9.47 Å². The van der Waals surface area contributed by atoms with E-state index in [9.17, 15) is 5.11 Å². The molecule has 26 heavy (non-hydrogen) atoms. The molecule has 146 valence electrons. The van der Waals surface area contributed by atoms with Gasteiger partial charge in [-0.05, 0) is 43.4 Å². The van der Waals surface area contributed by atoms with Crippen molar-refractivity contribution in [1.29, 1.82) is 0 Å². The highest BCUT2D eigenvalue weighted by atomic mass is 16.5. The zero-order valence-electron chi connectivity index (χ0n) is 16.1. The Labute approximate surface area is 157 Å². The minimum absolute atomic E-state index is 0.0112. The van der Waals surface area contributed by atoms with Gasteiger partial charge in [0.1, 0.15) is 5.75 Å². The van der Waals surface area contributed by atoms with Crippen molar-refractivity contribution >= 4 is 5.96 Å². The number of nitrogens with zero attached hydrogens (tertiary/aromatic N) is 1. The lowest BCUT2D eigenvalue weighted by Crippen LogP contribution is -2.45. The van der Waals surface area contributed by atoms with Gasteiger partial charge in [-0.25, -0.2) is 0 Å². The fourth-order valence-electron chi connectivity index (χ4n) is 3.14. The fourth-order valence-corrected chi connectivity index (χ4v) is 3.14. The molecule has 1 aromatic carbocycles. The molecule has 1 aliphatic rings. The van der Waals surface area contributed by atoms with E-state index < -0.39 is 0 Å². The topological polar surface area (TPSA) is 75.1 Å². The van der Waals surface area contributed by atoms with Crippen LogP contribution < -0.4 is 15.4 Å². The number of benzene rings is 1. The fraction of sp³-hybridized carbons (Fsp3) is 0.650. The van der Waals surface area contributed by atoms with Crippen molar-refractivity contribution in [3.63, 3.8) is 0 Å². The number of rotatable bonds is 10. The second kappa shape index (κ2) is 11.0. The number of aliphatic hydroxyl groups excluding tert-OH is 1. The molecule has 6 nitrogen and oxygen atoms in total. The Bertz CT molecular complexity index is 557. The summed E-state index contributed by atoms with van der Waals surface area (Å²) in [6, 6.07) is 8.24. The van der Waals surface area contributed by atoms with E-state index in [1.807, 2.05) is 12.1 Å². The van der Waals surface area contributed by atoms with Crippen molar-refractivity contribution in [2.75, 3.05) is 46.6 Å². The van der Waals surface area contributed by atoms with Crippen LogP contribution in [0.3, 0.4) is 0 Å². The molecule has 1 heterocycles. The Kier molecular flexibility index (Phi) is 8.71. The van der Waals surface area contributed by atoms with E-state index in [0.29, 0.717) is 6.61 Å². The Balaban J connectivity index is 1.76. The molecule has 2 rings (SSSR count). The first-order valence-corrected chi connectivity index (χ1v) is 9.56. The maximum Gasteiger partial charge on any atom is 0.191 e. The van der Waals surface area contributed by atoms with Gasteiger partial charge in [0.15, 0.2) is 5.96 Å². The standard InChI is InChI=1S/C20H33N3O3/c1-3-12-26-18-6-4-5-17(14-18)7-10-22-19(21-2)23-15-20(8-11-24)9-13-25-16-20/h4-6,14,24H,3,7-13,15-16H2,1-2H3,(H2,21,22,23). The zero-order valence-corrected chi connectivity index (χ0v) is 16.1. The van der Waals surface area contributed by atoms with Crippen LogP contribution in [-0.4, -0.2) is 57.6 Å². The molecule has 1 fully saturated rings. The number of aliphatic imine (C=N–C) groups is 1. The summed E-state index contributed by atoms with van der Waals surface area (Å²) in [5.41, 5.74) is 1.25. The van der Waals surface area contributed by atoms with E-state index >= 15 is 0 Å². The third-order valence-electron chi connectivity index (χ3n) is 4.76. The van der Waals surface area contributed by atoms with Crippen LogP contribution >= 0.6 is 0 Å². The quantitative estimate of drug-likeness (QED) is 0.438. The lowest BCUT2D eigenvalue weighted by molar-refractivity contribution is 0.127. The Hall–Kier alpha value is -1.79. The summed E-state index contributed by atoms with van der Waals surface area (Å²) in [4.78, 5) is 4.30. The van der Waals surface area contributed by atoms with Gasteiger partial charge >= 0.3 is 0 Å². The highest BCUT2D eigenvalue weighted by Crippen LogP contribution is 2.31. The molecule has 0 radical (unpaired) electrons. The molecule has 0 bridgehead atoms. The molecule has 1 atom stereocenters. The van der Waals surface area contributed by atoms with Crippen molar-refractivity contribution in [2.24, 2.45) is 10.4 Å². The molecule has 3 N–H and O–H groups in total. The maximum absolute atomic E-state index is 9.32. The van der Waals surface area contributed by atoms with Crippen LogP contribution in [0.5, 0.6) is 5.75 Å². The van der Waals surface area contributed by atoms with E-state index in [-0.39, 0.29) is 12.0 Å². The molecule has 1 aromatic rings. The molecule has 1 aliphatic heterocycles. The molecule has 0 spiro atoms. The van der Waals surface area contributed by atoms with Crippen molar-refractivity contribution in [1.82, 2.24) is 10.6 Å². The van der Waals surface area contributed by atoms with Gasteiger partial charge in [-0.3, -0.25) is 4.99 Å². The molecule has 0 aliphatic carbocycles. The first-order valence-electron chi connectivity index (χ1n) is 9.56. The SMILES string of the molecule is CCCOc1cccc(CCNC(=NC)NCC2(CCO)CCOC2)c1. The van der Waals surface area contributed by atoms with Crippen LogP contribution in [0.2, 0.25) is 0 Å². The van der Waals surface area contributed by atoms with Crippen molar-refractivity contribution < 1.29 is 14.6 Å². The smallest absolute Gasteiger partial charge is 0.191 e. The van der Waals surface area contributed by atoms with Gasteiger partial charge in [-0.15, -0.1) is 0 Å². The molecular weight excluding hydrogens is 330 g/mol. The van der Waals surface area contributed by atoms with Gasteiger partial charge in [0.05, 0.1) is 13.2 Å². The van der Waals surface area contributed by atoms with Gasteiger partial charge in [-0.1, -0.05) is 19.1 Å². The predicted molar refractivity (Wildman–Crippen MR) is 105 cm³/mol. The average molecular weight is 364 g/mol. The van der Waals surface area contributed by atoms with Gasteiger partial charge in [0, 0.05) is 38.8 Å². The maximum atomic E-state index is 9.32. The van der Waals surface area contributed by atoms with Gasteiger partial charge in [0.2, 0.25) is 0 Å². The normalized spacial score (nSPS) is 20.2. The average Bonchev–Trinajstić information content (AvgIpc) is 3.12. The number of guanidine groups is 1. The summed E-state index contributed by atoms with van der Waals surface area (Å²) in [5, 5.41) is 16.1. The number of aliphatic hydroxyl groups is 1. The van der Waals surface area contributed by atoms with E-state index in [1.54, 1.807) is 7.05 Å². The molecule has 0 aromatic heterocycles. The van der Waals surface area contributed by atoms with E-state index in [0.717, 1.165) is 63.7 Å². The lowest BCUT2D eigenvalue weighted by atomic mass is 9.84. The summed E-state index contributed by atoms with van der Waals surface area (Å²) in [6.07, 6.45) is 3.63.